The van der Waals surface area contributed by atoms with Crippen molar-refractivity contribution in [1.82, 2.24) is 5.32 Å². The molecule has 0 aliphatic heterocycles. The number of halogens is 1. The van der Waals surface area contributed by atoms with Crippen LogP contribution in [0.2, 0.25) is 0 Å². The van der Waals surface area contributed by atoms with Crippen molar-refractivity contribution in [2.45, 2.75) is 12.7 Å². The molecule has 0 radical (unpaired) electrons. The van der Waals surface area contributed by atoms with E-state index < -0.39 is 18.0 Å². The average molecular weight is 318 g/mol. The van der Waals surface area contributed by atoms with Crippen LogP contribution in [0.5, 0.6) is 0 Å². The molecule has 2 aromatic carbocycles. The molecule has 0 saturated heterocycles. The molecular weight excluding hydrogens is 299 g/mol. The fourth-order valence-electron chi connectivity index (χ4n) is 2.13. The van der Waals surface area contributed by atoms with Gasteiger partial charge < -0.3 is 20.5 Å². The maximum atomic E-state index is 13.5. The Labute approximate surface area is 134 Å². The fraction of sp³-hybridized carbons (Fsp3) is 0.235. The molecule has 2 aromatic rings. The summed E-state index contributed by atoms with van der Waals surface area (Å²) in [5, 5.41) is 15.1. The number of urea groups is 1. The molecule has 0 aromatic heterocycles. The molecule has 0 bridgehead atoms. The van der Waals surface area contributed by atoms with Gasteiger partial charge in [0, 0.05) is 24.9 Å². The number of methoxy groups -OCH3 is 1. The number of carbonyl (C=O) groups is 1. The smallest absolute Gasteiger partial charge is 0.319 e. The molecule has 1 unspecified atom stereocenters. The van der Waals surface area contributed by atoms with E-state index in [1.807, 2.05) is 6.07 Å². The van der Waals surface area contributed by atoms with Crippen LogP contribution in [-0.2, 0) is 11.3 Å². The monoisotopic (exact) mass is 318 g/mol. The van der Waals surface area contributed by atoms with Crippen molar-refractivity contribution in [2.75, 3.05) is 19.0 Å². The van der Waals surface area contributed by atoms with E-state index in [0.29, 0.717) is 12.3 Å². The first-order chi connectivity index (χ1) is 11.1. The van der Waals surface area contributed by atoms with Crippen molar-refractivity contribution < 1.29 is 19.0 Å². The Balaban J connectivity index is 1.88. The summed E-state index contributed by atoms with van der Waals surface area (Å²) in [6, 6.07) is 12.7. The standard InChI is InChI=1S/C17H19FN2O3/c1-23-11-12-5-4-6-13(9-12)20-17(22)19-10-16(21)14-7-2-3-8-15(14)18/h2-9,16,21H,10-11H2,1H3,(H2,19,20,22). The summed E-state index contributed by atoms with van der Waals surface area (Å²) in [6.45, 7) is 0.355. The van der Waals surface area contributed by atoms with Crippen LogP contribution in [0, 0.1) is 5.82 Å². The van der Waals surface area contributed by atoms with Gasteiger partial charge in [-0.3, -0.25) is 0 Å². The second kappa shape index (κ2) is 8.26. The number of nitrogens with one attached hydrogen (secondary N) is 2. The van der Waals surface area contributed by atoms with E-state index in [-0.39, 0.29) is 12.1 Å². The topological polar surface area (TPSA) is 70.6 Å². The third-order valence-corrected chi connectivity index (χ3v) is 3.22. The molecule has 0 heterocycles. The Morgan fingerprint density at radius 1 is 1.26 bits per heavy atom. The highest BCUT2D eigenvalue weighted by Gasteiger charge is 2.13. The molecule has 2 amide bonds. The molecule has 0 saturated carbocycles. The maximum Gasteiger partial charge on any atom is 0.319 e. The average Bonchev–Trinajstić information content (AvgIpc) is 2.54. The number of aliphatic hydroxyl groups is 1. The van der Waals surface area contributed by atoms with E-state index >= 15 is 0 Å². The Morgan fingerprint density at radius 3 is 2.78 bits per heavy atom. The second-order valence-electron chi connectivity index (χ2n) is 5.01. The first-order valence-electron chi connectivity index (χ1n) is 7.15. The fourth-order valence-corrected chi connectivity index (χ4v) is 2.13. The van der Waals surface area contributed by atoms with Gasteiger partial charge in [-0.1, -0.05) is 30.3 Å². The van der Waals surface area contributed by atoms with Crippen LogP contribution >= 0.6 is 0 Å². The highest BCUT2D eigenvalue weighted by Crippen LogP contribution is 2.16. The lowest BCUT2D eigenvalue weighted by Crippen LogP contribution is -2.32. The Bertz CT molecular complexity index is 664. The minimum atomic E-state index is -1.11. The van der Waals surface area contributed by atoms with Gasteiger partial charge in [-0.2, -0.15) is 0 Å². The molecule has 2 rings (SSSR count). The number of rotatable bonds is 6. The third-order valence-electron chi connectivity index (χ3n) is 3.22. The quantitative estimate of drug-likeness (QED) is 0.767. The number of aliphatic hydroxyl groups excluding tert-OH is 1. The normalized spacial score (nSPS) is 11.8. The summed E-state index contributed by atoms with van der Waals surface area (Å²) in [6.07, 6.45) is -1.11. The molecule has 122 valence electrons. The van der Waals surface area contributed by atoms with Gasteiger partial charge in [-0.15, -0.1) is 0 Å². The first-order valence-corrected chi connectivity index (χ1v) is 7.15. The largest absolute Gasteiger partial charge is 0.386 e. The summed E-state index contributed by atoms with van der Waals surface area (Å²) in [7, 11) is 1.59. The Morgan fingerprint density at radius 2 is 2.04 bits per heavy atom. The second-order valence-corrected chi connectivity index (χ2v) is 5.01. The predicted octanol–water partition coefficient (Wildman–Crippen LogP) is 2.83. The minimum absolute atomic E-state index is 0.0927. The summed E-state index contributed by atoms with van der Waals surface area (Å²) >= 11 is 0. The first kappa shape index (κ1) is 16.9. The SMILES string of the molecule is COCc1cccc(NC(=O)NCC(O)c2ccccc2F)c1. The molecule has 1 atom stereocenters. The number of amides is 2. The van der Waals surface area contributed by atoms with E-state index in [9.17, 15) is 14.3 Å². The number of carbonyl (C=O) groups excluding carboxylic acids is 1. The van der Waals surface area contributed by atoms with E-state index in [4.69, 9.17) is 4.74 Å². The summed E-state index contributed by atoms with van der Waals surface area (Å²) in [5.41, 5.74) is 1.68. The lowest BCUT2D eigenvalue weighted by atomic mass is 10.1. The van der Waals surface area contributed by atoms with Gasteiger partial charge in [0.25, 0.3) is 0 Å². The van der Waals surface area contributed by atoms with Crippen molar-refractivity contribution >= 4 is 11.7 Å². The van der Waals surface area contributed by atoms with Crippen LogP contribution in [0.1, 0.15) is 17.2 Å². The van der Waals surface area contributed by atoms with E-state index in [2.05, 4.69) is 10.6 Å². The van der Waals surface area contributed by atoms with Crippen LogP contribution in [-0.4, -0.2) is 24.8 Å². The molecule has 0 fully saturated rings. The van der Waals surface area contributed by atoms with Crippen molar-refractivity contribution in [3.63, 3.8) is 0 Å². The van der Waals surface area contributed by atoms with Crippen molar-refractivity contribution in [1.29, 1.82) is 0 Å². The summed E-state index contributed by atoms with van der Waals surface area (Å²) in [5.74, 6) is -0.505. The molecule has 0 spiro atoms. The van der Waals surface area contributed by atoms with Crippen LogP contribution in [0.15, 0.2) is 48.5 Å². The van der Waals surface area contributed by atoms with Gasteiger partial charge in [0.1, 0.15) is 5.82 Å². The van der Waals surface area contributed by atoms with Crippen LogP contribution < -0.4 is 10.6 Å². The van der Waals surface area contributed by atoms with Gasteiger partial charge in [0.2, 0.25) is 0 Å². The lowest BCUT2D eigenvalue weighted by molar-refractivity contribution is 0.170. The Hall–Kier alpha value is -2.44. The number of benzene rings is 2. The van der Waals surface area contributed by atoms with Gasteiger partial charge in [-0.05, 0) is 23.8 Å². The van der Waals surface area contributed by atoms with E-state index in [1.54, 1.807) is 37.4 Å². The zero-order valence-electron chi connectivity index (χ0n) is 12.8. The van der Waals surface area contributed by atoms with Gasteiger partial charge in [-0.25, -0.2) is 9.18 Å². The maximum absolute atomic E-state index is 13.5. The van der Waals surface area contributed by atoms with E-state index in [1.165, 1.54) is 12.1 Å². The molecule has 0 aliphatic rings. The van der Waals surface area contributed by atoms with Crippen LogP contribution in [0.3, 0.4) is 0 Å². The molecular formula is C17H19FN2O3. The lowest BCUT2D eigenvalue weighted by Gasteiger charge is -2.14. The number of hydrogen-bond donors (Lipinski definition) is 3. The zero-order chi connectivity index (χ0) is 16.7. The van der Waals surface area contributed by atoms with Gasteiger partial charge >= 0.3 is 6.03 Å². The van der Waals surface area contributed by atoms with E-state index in [0.717, 1.165) is 5.56 Å². The predicted molar refractivity (Wildman–Crippen MR) is 85.5 cm³/mol. The number of ether oxygens (including phenoxy) is 1. The molecule has 3 N–H and O–H groups in total. The highest BCUT2D eigenvalue weighted by molar-refractivity contribution is 5.89. The Kier molecular flexibility index (Phi) is 6.08. The van der Waals surface area contributed by atoms with Gasteiger partial charge in [0.15, 0.2) is 0 Å². The zero-order valence-corrected chi connectivity index (χ0v) is 12.8. The molecule has 23 heavy (non-hydrogen) atoms. The third kappa shape index (κ3) is 5.05. The molecule has 6 heteroatoms. The number of anilines is 1. The minimum Gasteiger partial charge on any atom is -0.386 e. The van der Waals surface area contributed by atoms with Gasteiger partial charge in [0.05, 0.1) is 12.7 Å². The summed E-state index contributed by atoms with van der Waals surface area (Å²) in [4.78, 5) is 11.8. The van der Waals surface area contributed by atoms with Crippen LogP contribution in [0.25, 0.3) is 0 Å². The van der Waals surface area contributed by atoms with Crippen molar-refractivity contribution in [3.8, 4) is 0 Å². The summed E-state index contributed by atoms with van der Waals surface area (Å²) < 4.78 is 18.6. The highest BCUT2D eigenvalue weighted by atomic mass is 19.1. The molecule has 5 nitrogen and oxygen atoms in total. The molecule has 0 aliphatic carbocycles. The van der Waals surface area contributed by atoms with Crippen molar-refractivity contribution in [3.05, 3.63) is 65.5 Å². The number of hydrogen-bond acceptors (Lipinski definition) is 3. The van der Waals surface area contributed by atoms with Crippen LogP contribution in [0.4, 0.5) is 14.9 Å². The van der Waals surface area contributed by atoms with Crippen molar-refractivity contribution in [2.24, 2.45) is 0 Å².